The van der Waals surface area contributed by atoms with E-state index in [4.69, 9.17) is 11.6 Å². The number of halogens is 6. The zero-order valence-corrected chi connectivity index (χ0v) is 15.3. The van der Waals surface area contributed by atoms with Gasteiger partial charge in [-0.2, -0.15) is 0 Å². The molecule has 0 fully saturated rings. The van der Waals surface area contributed by atoms with Crippen molar-refractivity contribution in [1.29, 1.82) is 0 Å². The Hall–Kier alpha value is -2.13. The normalized spacial score (nSPS) is 11.2. The van der Waals surface area contributed by atoms with Crippen LogP contribution >= 0.6 is 23.4 Å². The summed E-state index contributed by atoms with van der Waals surface area (Å²) in [6.45, 7) is 2.25. The minimum Gasteiger partial charge on any atom is -0.302 e. The molecule has 0 N–H and O–H groups in total. The minimum atomic E-state index is -2.18. The lowest BCUT2D eigenvalue weighted by atomic mass is 10.2. The van der Waals surface area contributed by atoms with Gasteiger partial charge < -0.3 is 4.57 Å². The lowest BCUT2D eigenvalue weighted by Gasteiger charge is -2.09. The van der Waals surface area contributed by atoms with Gasteiger partial charge in [-0.25, -0.2) is 22.0 Å². The Labute approximate surface area is 160 Å². The van der Waals surface area contributed by atoms with Crippen LogP contribution in [0.5, 0.6) is 0 Å². The van der Waals surface area contributed by atoms with Crippen molar-refractivity contribution >= 4 is 23.4 Å². The second-order valence-corrected chi connectivity index (χ2v) is 6.77. The fourth-order valence-electron chi connectivity index (χ4n) is 2.41. The Morgan fingerprint density at radius 3 is 2.00 bits per heavy atom. The molecule has 0 aliphatic heterocycles. The molecule has 0 aliphatic rings. The highest BCUT2D eigenvalue weighted by Crippen LogP contribution is 2.31. The van der Waals surface area contributed by atoms with Gasteiger partial charge in [0.15, 0.2) is 34.2 Å². The molecule has 0 unspecified atom stereocenters. The molecule has 0 saturated carbocycles. The predicted molar refractivity (Wildman–Crippen MR) is 91.9 cm³/mol. The second kappa shape index (κ2) is 7.85. The van der Waals surface area contributed by atoms with Gasteiger partial charge in [-0.05, 0) is 31.2 Å². The summed E-state index contributed by atoms with van der Waals surface area (Å²) in [4.78, 5) is 0. The van der Waals surface area contributed by atoms with E-state index in [0.717, 1.165) is 17.3 Å². The highest BCUT2D eigenvalue weighted by atomic mass is 35.5. The summed E-state index contributed by atoms with van der Waals surface area (Å²) >= 11 is 6.68. The lowest BCUT2D eigenvalue weighted by molar-refractivity contribution is 0.372. The van der Waals surface area contributed by atoms with Crippen LogP contribution in [0.2, 0.25) is 5.02 Å². The fraction of sp³-hybridized carbons (Fsp3) is 0.176. The topological polar surface area (TPSA) is 30.7 Å². The van der Waals surface area contributed by atoms with Crippen LogP contribution in [0.4, 0.5) is 22.0 Å². The minimum absolute atomic E-state index is 0.284. The number of nitrogens with zero attached hydrogens (tertiary/aromatic N) is 3. The third kappa shape index (κ3) is 3.66. The third-order valence-corrected chi connectivity index (χ3v) is 5.03. The quantitative estimate of drug-likeness (QED) is 0.233. The monoisotopic (exact) mass is 419 g/mol. The molecule has 1 aromatic heterocycles. The number of hydrogen-bond acceptors (Lipinski definition) is 3. The molecule has 0 saturated heterocycles. The lowest BCUT2D eigenvalue weighted by Crippen LogP contribution is -2.07. The molecule has 0 amide bonds. The molecule has 0 bridgehead atoms. The average Bonchev–Trinajstić information content (AvgIpc) is 3.08. The van der Waals surface area contributed by atoms with Gasteiger partial charge in [0.05, 0.1) is 0 Å². The van der Waals surface area contributed by atoms with E-state index in [1.807, 2.05) is 6.92 Å². The van der Waals surface area contributed by atoms with Crippen LogP contribution in [0.25, 0.3) is 11.4 Å². The van der Waals surface area contributed by atoms with Crippen molar-refractivity contribution in [2.75, 3.05) is 0 Å². The van der Waals surface area contributed by atoms with Crippen LogP contribution in [0.1, 0.15) is 12.5 Å². The maximum Gasteiger partial charge on any atom is 0.200 e. The molecule has 3 aromatic rings. The Kier molecular flexibility index (Phi) is 5.71. The summed E-state index contributed by atoms with van der Waals surface area (Å²) in [5.41, 5.74) is -0.188. The van der Waals surface area contributed by atoms with Gasteiger partial charge in [0, 0.05) is 28.4 Å². The first kappa shape index (κ1) is 19.6. The fourth-order valence-corrected chi connectivity index (χ4v) is 3.53. The summed E-state index contributed by atoms with van der Waals surface area (Å²) in [5.74, 6) is -9.81. The number of aromatic nitrogens is 3. The number of hydrogen-bond donors (Lipinski definition) is 0. The van der Waals surface area contributed by atoms with E-state index in [-0.39, 0.29) is 5.16 Å². The second-order valence-electron chi connectivity index (χ2n) is 5.39. The van der Waals surface area contributed by atoms with Crippen molar-refractivity contribution in [2.45, 2.75) is 24.4 Å². The van der Waals surface area contributed by atoms with Crippen LogP contribution in [-0.4, -0.2) is 14.8 Å². The zero-order chi connectivity index (χ0) is 19.7. The van der Waals surface area contributed by atoms with Crippen LogP contribution < -0.4 is 0 Å². The van der Waals surface area contributed by atoms with Gasteiger partial charge in [-0.15, -0.1) is 10.2 Å². The Bertz CT molecular complexity index is 962. The van der Waals surface area contributed by atoms with Crippen LogP contribution in [0.3, 0.4) is 0 Å². The molecule has 0 aliphatic carbocycles. The van der Waals surface area contributed by atoms with Gasteiger partial charge in [-0.3, -0.25) is 0 Å². The predicted octanol–water partition coefficient (Wildman–Crippen LogP) is 5.61. The molecule has 3 nitrogen and oxygen atoms in total. The number of rotatable bonds is 5. The highest BCUT2D eigenvalue weighted by molar-refractivity contribution is 7.98. The first-order valence-corrected chi connectivity index (χ1v) is 9.03. The van der Waals surface area contributed by atoms with Crippen molar-refractivity contribution in [3.63, 3.8) is 0 Å². The molecule has 142 valence electrons. The molecule has 2 aromatic carbocycles. The molecule has 0 radical (unpaired) electrons. The molecule has 0 atom stereocenters. The molecule has 0 spiro atoms. The van der Waals surface area contributed by atoms with E-state index in [1.54, 1.807) is 28.8 Å². The van der Waals surface area contributed by atoms with E-state index in [2.05, 4.69) is 10.2 Å². The van der Waals surface area contributed by atoms with Gasteiger partial charge >= 0.3 is 0 Å². The van der Waals surface area contributed by atoms with E-state index >= 15 is 0 Å². The highest BCUT2D eigenvalue weighted by Gasteiger charge is 2.26. The van der Waals surface area contributed by atoms with Gasteiger partial charge in [0.2, 0.25) is 5.82 Å². The first-order valence-electron chi connectivity index (χ1n) is 7.67. The first-order chi connectivity index (χ1) is 12.8. The van der Waals surface area contributed by atoms with Gasteiger partial charge in [0.1, 0.15) is 0 Å². The van der Waals surface area contributed by atoms with Gasteiger partial charge in [0.25, 0.3) is 0 Å². The van der Waals surface area contributed by atoms with Gasteiger partial charge in [-0.1, -0.05) is 23.4 Å². The number of thioether (sulfide) groups is 1. The van der Waals surface area contributed by atoms with E-state index in [9.17, 15) is 22.0 Å². The van der Waals surface area contributed by atoms with Crippen LogP contribution in [0.15, 0.2) is 29.4 Å². The van der Waals surface area contributed by atoms with Crippen LogP contribution in [0, 0.1) is 29.1 Å². The standard InChI is InChI=1S/C17H11ClF5N3S/c1-2-26-16(8-3-5-9(18)6-4-8)24-25-17(26)27-7-10-11(19)13(21)15(23)14(22)12(10)20/h3-6H,2,7H2,1H3. The van der Waals surface area contributed by atoms with Crippen molar-refractivity contribution < 1.29 is 22.0 Å². The number of benzene rings is 2. The summed E-state index contributed by atoms with van der Waals surface area (Å²) in [5, 5.41) is 8.83. The smallest absolute Gasteiger partial charge is 0.200 e. The zero-order valence-electron chi connectivity index (χ0n) is 13.7. The molecule has 3 rings (SSSR count). The third-order valence-electron chi connectivity index (χ3n) is 3.78. The van der Waals surface area contributed by atoms with Crippen molar-refractivity contribution in [2.24, 2.45) is 0 Å². The summed E-state index contributed by atoms with van der Waals surface area (Å²) in [6.07, 6.45) is 0. The van der Waals surface area contributed by atoms with Crippen molar-refractivity contribution in [1.82, 2.24) is 14.8 Å². The molecule has 10 heteroatoms. The largest absolute Gasteiger partial charge is 0.302 e. The van der Waals surface area contributed by atoms with Crippen LogP contribution in [-0.2, 0) is 12.3 Å². The molecule has 1 heterocycles. The Morgan fingerprint density at radius 2 is 1.44 bits per heavy atom. The molecular weight excluding hydrogens is 409 g/mol. The van der Waals surface area contributed by atoms with E-state index < -0.39 is 40.4 Å². The average molecular weight is 420 g/mol. The van der Waals surface area contributed by atoms with E-state index in [1.165, 1.54) is 0 Å². The summed E-state index contributed by atoms with van der Waals surface area (Å²) < 4.78 is 69.0. The maximum atomic E-state index is 13.8. The molecular formula is C17H11ClF5N3S. The van der Waals surface area contributed by atoms with E-state index in [0.29, 0.717) is 17.4 Å². The summed E-state index contributed by atoms with van der Waals surface area (Å²) in [6, 6.07) is 6.81. The maximum absolute atomic E-state index is 13.8. The Morgan fingerprint density at radius 1 is 0.889 bits per heavy atom. The van der Waals surface area contributed by atoms with Crippen molar-refractivity contribution in [3.8, 4) is 11.4 Å². The molecule has 27 heavy (non-hydrogen) atoms. The van der Waals surface area contributed by atoms with Crippen molar-refractivity contribution in [3.05, 3.63) is 63.9 Å². The SMILES string of the molecule is CCn1c(SCc2c(F)c(F)c(F)c(F)c2F)nnc1-c1ccc(Cl)cc1. The Balaban J connectivity index is 1.91. The summed E-state index contributed by atoms with van der Waals surface area (Å²) in [7, 11) is 0.